The Labute approximate surface area is 123 Å². The van der Waals surface area contributed by atoms with Gasteiger partial charge in [-0.3, -0.25) is 9.88 Å². The Morgan fingerprint density at radius 2 is 1.95 bits per heavy atom. The summed E-state index contributed by atoms with van der Waals surface area (Å²) in [6, 6.07) is 6.39. The summed E-state index contributed by atoms with van der Waals surface area (Å²) in [5, 5.41) is 3.63. The van der Waals surface area contributed by atoms with Crippen molar-refractivity contribution in [2.24, 2.45) is 0 Å². The third kappa shape index (κ3) is 4.01. The monoisotopic (exact) mass is 276 g/mol. The quantitative estimate of drug-likeness (QED) is 0.888. The second kappa shape index (κ2) is 6.66. The van der Waals surface area contributed by atoms with Crippen LogP contribution < -0.4 is 5.32 Å². The van der Waals surface area contributed by atoms with Crippen molar-refractivity contribution in [1.82, 2.24) is 20.1 Å². The van der Waals surface area contributed by atoms with E-state index in [0.29, 0.717) is 6.04 Å². The Morgan fingerprint density at radius 1 is 1.25 bits per heavy atom. The normalized spacial score (nSPS) is 20.0. The van der Waals surface area contributed by atoms with E-state index in [-0.39, 0.29) is 5.54 Å². The minimum absolute atomic E-state index is 0.185. The van der Waals surface area contributed by atoms with E-state index in [1.54, 1.807) is 0 Å². The van der Waals surface area contributed by atoms with Crippen LogP contribution in [0.5, 0.6) is 0 Å². The fourth-order valence-electron chi connectivity index (χ4n) is 2.66. The van der Waals surface area contributed by atoms with Gasteiger partial charge in [-0.2, -0.15) is 0 Å². The molecule has 1 saturated heterocycles. The molecule has 1 unspecified atom stereocenters. The molecule has 1 aromatic heterocycles. The smallest absolute Gasteiger partial charge is 0.0570 e. The predicted molar refractivity (Wildman–Crippen MR) is 83.8 cm³/mol. The Balaban J connectivity index is 1.85. The highest BCUT2D eigenvalue weighted by molar-refractivity contribution is 5.07. The largest absolute Gasteiger partial charge is 0.307 e. The molecule has 0 aromatic carbocycles. The maximum Gasteiger partial charge on any atom is 0.0570 e. The third-order valence-corrected chi connectivity index (χ3v) is 4.33. The van der Waals surface area contributed by atoms with Crippen molar-refractivity contribution in [3.8, 4) is 0 Å². The van der Waals surface area contributed by atoms with Gasteiger partial charge in [-0.1, -0.05) is 6.07 Å². The average Bonchev–Trinajstić information content (AvgIpc) is 2.46. The van der Waals surface area contributed by atoms with Gasteiger partial charge < -0.3 is 10.2 Å². The standard InChI is InChI=1S/C16H28N4/c1-14(15-7-5-6-8-17-15)18-13-16(2,3)20-11-9-19(4)10-12-20/h5-8,14,18H,9-13H2,1-4H3. The lowest BCUT2D eigenvalue weighted by Crippen LogP contribution is -2.57. The second-order valence-corrected chi connectivity index (χ2v) is 6.46. The predicted octanol–water partition coefficient (Wildman–Crippen LogP) is 1.76. The highest BCUT2D eigenvalue weighted by Crippen LogP contribution is 2.17. The van der Waals surface area contributed by atoms with E-state index in [9.17, 15) is 0 Å². The molecule has 1 fully saturated rings. The summed E-state index contributed by atoms with van der Waals surface area (Å²) in [7, 11) is 2.20. The SMILES string of the molecule is CC(NCC(C)(C)N1CCN(C)CC1)c1ccccn1. The molecule has 2 rings (SSSR count). The minimum Gasteiger partial charge on any atom is -0.307 e. The number of likely N-dealkylation sites (N-methyl/N-ethyl adjacent to an activating group) is 1. The Morgan fingerprint density at radius 3 is 2.55 bits per heavy atom. The molecule has 1 aromatic rings. The molecule has 1 atom stereocenters. The van der Waals surface area contributed by atoms with E-state index in [1.165, 1.54) is 13.1 Å². The zero-order chi connectivity index (χ0) is 14.6. The number of hydrogen-bond acceptors (Lipinski definition) is 4. The van der Waals surface area contributed by atoms with E-state index < -0.39 is 0 Å². The van der Waals surface area contributed by atoms with Gasteiger partial charge in [-0.05, 0) is 40.0 Å². The molecule has 0 bridgehead atoms. The number of aromatic nitrogens is 1. The first kappa shape index (κ1) is 15.4. The molecule has 1 aliphatic rings. The zero-order valence-corrected chi connectivity index (χ0v) is 13.3. The molecule has 0 radical (unpaired) electrons. The first-order valence-corrected chi connectivity index (χ1v) is 7.57. The third-order valence-electron chi connectivity index (χ3n) is 4.33. The van der Waals surface area contributed by atoms with E-state index in [4.69, 9.17) is 0 Å². The number of hydrogen-bond donors (Lipinski definition) is 1. The number of rotatable bonds is 5. The molecular weight excluding hydrogens is 248 g/mol. The lowest BCUT2D eigenvalue weighted by molar-refractivity contribution is 0.0604. The fraction of sp³-hybridized carbons (Fsp3) is 0.688. The van der Waals surface area contributed by atoms with Gasteiger partial charge in [-0.25, -0.2) is 0 Å². The van der Waals surface area contributed by atoms with Crippen molar-refractivity contribution < 1.29 is 0 Å². The van der Waals surface area contributed by atoms with Gasteiger partial charge in [0.15, 0.2) is 0 Å². The van der Waals surface area contributed by atoms with Crippen molar-refractivity contribution in [1.29, 1.82) is 0 Å². The highest BCUT2D eigenvalue weighted by atomic mass is 15.3. The van der Waals surface area contributed by atoms with Crippen molar-refractivity contribution >= 4 is 0 Å². The van der Waals surface area contributed by atoms with Crippen molar-refractivity contribution in [3.05, 3.63) is 30.1 Å². The van der Waals surface area contributed by atoms with Gasteiger partial charge in [0.25, 0.3) is 0 Å². The molecule has 0 amide bonds. The van der Waals surface area contributed by atoms with E-state index in [1.807, 2.05) is 18.3 Å². The summed E-state index contributed by atoms with van der Waals surface area (Å²) in [4.78, 5) is 9.41. The number of piperazine rings is 1. The van der Waals surface area contributed by atoms with E-state index in [2.05, 4.69) is 54.0 Å². The van der Waals surface area contributed by atoms with Crippen LogP contribution >= 0.6 is 0 Å². The molecule has 0 saturated carbocycles. The van der Waals surface area contributed by atoms with Gasteiger partial charge in [0, 0.05) is 50.5 Å². The Hall–Kier alpha value is -0.970. The molecule has 20 heavy (non-hydrogen) atoms. The van der Waals surface area contributed by atoms with Gasteiger partial charge in [-0.15, -0.1) is 0 Å². The van der Waals surface area contributed by atoms with Crippen LogP contribution in [0.4, 0.5) is 0 Å². The van der Waals surface area contributed by atoms with Crippen molar-refractivity contribution in [2.75, 3.05) is 39.8 Å². The summed E-state index contributed by atoms with van der Waals surface area (Å²) in [6.07, 6.45) is 1.86. The average molecular weight is 276 g/mol. The van der Waals surface area contributed by atoms with Gasteiger partial charge in [0.1, 0.15) is 0 Å². The van der Waals surface area contributed by atoms with Crippen LogP contribution in [0.2, 0.25) is 0 Å². The fourth-order valence-corrected chi connectivity index (χ4v) is 2.66. The number of nitrogens with one attached hydrogen (secondary N) is 1. The lowest BCUT2D eigenvalue weighted by atomic mass is 10.0. The number of pyridine rings is 1. The van der Waals surface area contributed by atoms with Crippen LogP contribution in [0.25, 0.3) is 0 Å². The summed E-state index contributed by atoms with van der Waals surface area (Å²) < 4.78 is 0. The summed E-state index contributed by atoms with van der Waals surface area (Å²) >= 11 is 0. The van der Waals surface area contributed by atoms with Crippen molar-refractivity contribution in [3.63, 3.8) is 0 Å². The van der Waals surface area contributed by atoms with Crippen LogP contribution in [0.3, 0.4) is 0 Å². The van der Waals surface area contributed by atoms with Crippen LogP contribution in [-0.4, -0.2) is 60.1 Å². The molecule has 1 aliphatic heterocycles. The molecule has 0 spiro atoms. The van der Waals surface area contributed by atoms with Gasteiger partial charge in [0.2, 0.25) is 0 Å². The molecule has 2 heterocycles. The first-order chi connectivity index (χ1) is 9.49. The van der Waals surface area contributed by atoms with Crippen LogP contribution in [0.15, 0.2) is 24.4 Å². The maximum atomic E-state index is 4.42. The molecule has 0 aliphatic carbocycles. The molecule has 112 valence electrons. The van der Waals surface area contributed by atoms with Crippen molar-refractivity contribution in [2.45, 2.75) is 32.4 Å². The molecule has 1 N–H and O–H groups in total. The lowest BCUT2D eigenvalue weighted by Gasteiger charge is -2.43. The first-order valence-electron chi connectivity index (χ1n) is 7.57. The van der Waals surface area contributed by atoms with Gasteiger partial charge >= 0.3 is 0 Å². The number of nitrogens with zero attached hydrogens (tertiary/aromatic N) is 3. The van der Waals surface area contributed by atoms with Crippen LogP contribution in [-0.2, 0) is 0 Å². The molecule has 4 nitrogen and oxygen atoms in total. The topological polar surface area (TPSA) is 31.4 Å². The van der Waals surface area contributed by atoms with Crippen LogP contribution in [0, 0.1) is 0 Å². The Kier molecular flexibility index (Phi) is 5.13. The summed E-state index contributed by atoms with van der Waals surface area (Å²) in [6.45, 7) is 12.5. The summed E-state index contributed by atoms with van der Waals surface area (Å²) in [5.41, 5.74) is 1.30. The highest BCUT2D eigenvalue weighted by Gasteiger charge is 2.29. The molecule has 4 heteroatoms. The maximum absolute atomic E-state index is 4.42. The van der Waals surface area contributed by atoms with E-state index in [0.717, 1.165) is 25.3 Å². The molecular formula is C16H28N4. The second-order valence-electron chi connectivity index (χ2n) is 6.46. The van der Waals surface area contributed by atoms with E-state index >= 15 is 0 Å². The summed E-state index contributed by atoms with van der Waals surface area (Å²) in [5.74, 6) is 0. The Bertz CT molecular complexity index is 396. The van der Waals surface area contributed by atoms with Gasteiger partial charge in [0.05, 0.1) is 5.69 Å². The zero-order valence-electron chi connectivity index (χ0n) is 13.3. The minimum atomic E-state index is 0.185. The van der Waals surface area contributed by atoms with Crippen LogP contribution in [0.1, 0.15) is 32.5 Å².